The SMILES string of the molecule is Cc1ccc2c(oc3cc4cc5ccccc5nc4cc32)c1-c1n(-c2c(C(C)C)cc(-c3ccccc3)cc2C(C)C)c2ccccc2[n+]1C. The minimum Gasteiger partial charge on any atom is -0.455 e. The Bertz CT molecular complexity index is 2750. The number of fused-ring (bicyclic) bond motifs is 6. The molecule has 0 radical (unpaired) electrons. The molecule has 0 bridgehead atoms. The highest BCUT2D eigenvalue weighted by molar-refractivity contribution is 6.13. The van der Waals surface area contributed by atoms with E-state index >= 15 is 0 Å². The molecule has 3 aromatic heterocycles. The molecule has 3 heterocycles. The van der Waals surface area contributed by atoms with Gasteiger partial charge in [-0.25, -0.2) is 9.55 Å². The van der Waals surface area contributed by atoms with Crippen molar-refractivity contribution in [3.63, 3.8) is 0 Å². The van der Waals surface area contributed by atoms with Gasteiger partial charge in [-0.1, -0.05) is 100 Å². The van der Waals surface area contributed by atoms with Crippen LogP contribution in [-0.4, -0.2) is 9.55 Å². The molecule has 0 N–H and O–H groups in total. The van der Waals surface area contributed by atoms with Gasteiger partial charge in [-0.2, -0.15) is 4.57 Å². The summed E-state index contributed by atoms with van der Waals surface area (Å²) in [5.41, 5.74) is 14.8. The summed E-state index contributed by atoms with van der Waals surface area (Å²) in [4.78, 5) is 5.04. The van der Waals surface area contributed by atoms with E-state index in [-0.39, 0.29) is 0 Å². The van der Waals surface area contributed by atoms with Crippen molar-refractivity contribution in [2.75, 3.05) is 0 Å². The zero-order chi connectivity index (χ0) is 34.3. The molecule has 0 amide bonds. The number of furan rings is 1. The number of para-hydroxylation sites is 3. The van der Waals surface area contributed by atoms with E-state index in [1.54, 1.807) is 0 Å². The summed E-state index contributed by atoms with van der Waals surface area (Å²) >= 11 is 0. The van der Waals surface area contributed by atoms with Gasteiger partial charge in [-0.05, 0) is 84.0 Å². The number of imidazole rings is 1. The number of aryl methyl sites for hydroxylation is 2. The second-order valence-corrected chi connectivity index (χ2v) is 14.3. The molecule has 0 aliphatic rings. The number of aromatic nitrogens is 3. The summed E-state index contributed by atoms with van der Waals surface area (Å²) in [6.45, 7) is 11.5. The van der Waals surface area contributed by atoms with Crippen LogP contribution in [0.15, 0.2) is 126 Å². The normalized spacial score (nSPS) is 12.2. The van der Waals surface area contributed by atoms with Crippen LogP contribution in [0.25, 0.3) is 83.0 Å². The monoisotopic (exact) mass is 650 g/mol. The molecule has 6 aromatic carbocycles. The Balaban J connectivity index is 1.39. The van der Waals surface area contributed by atoms with Crippen LogP contribution in [0.1, 0.15) is 56.2 Å². The second-order valence-electron chi connectivity index (χ2n) is 14.3. The zero-order valence-corrected chi connectivity index (χ0v) is 29.5. The van der Waals surface area contributed by atoms with Gasteiger partial charge in [0.25, 0.3) is 5.82 Å². The molecule has 50 heavy (non-hydrogen) atoms. The molecule has 244 valence electrons. The van der Waals surface area contributed by atoms with Crippen molar-refractivity contribution in [1.29, 1.82) is 0 Å². The van der Waals surface area contributed by atoms with Crippen LogP contribution in [0.3, 0.4) is 0 Å². The lowest BCUT2D eigenvalue weighted by molar-refractivity contribution is -0.633. The van der Waals surface area contributed by atoms with Gasteiger partial charge < -0.3 is 4.42 Å². The smallest absolute Gasteiger partial charge is 0.299 e. The average Bonchev–Trinajstić information content (AvgIpc) is 3.63. The van der Waals surface area contributed by atoms with Crippen LogP contribution in [0.5, 0.6) is 0 Å². The van der Waals surface area contributed by atoms with Gasteiger partial charge in [0.1, 0.15) is 16.8 Å². The maximum atomic E-state index is 6.96. The molecular weight excluding hydrogens is 611 g/mol. The van der Waals surface area contributed by atoms with Crippen molar-refractivity contribution < 1.29 is 8.98 Å². The molecular formula is C46H40N3O+. The van der Waals surface area contributed by atoms with Gasteiger partial charge in [0, 0.05) is 32.7 Å². The fraction of sp³-hybridized carbons (Fsp3) is 0.174. The third-order valence-electron chi connectivity index (χ3n) is 10.5. The Morgan fingerprint density at radius 3 is 2.10 bits per heavy atom. The molecule has 9 rings (SSSR count). The van der Waals surface area contributed by atoms with Crippen LogP contribution in [0, 0.1) is 6.92 Å². The fourth-order valence-corrected chi connectivity index (χ4v) is 7.92. The number of pyridine rings is 1. The quantitative estimate of drug-likeness (QED) is 0.137. The number of hydrogen-bond acceptors (Lipinski definition) is 2. The molecule has 0 atom stereocenters. The van der Waals surface area contributed by atoms with E-state index in [4.69, 9.17) is 9.40 Å². The van der Waals surface area contributed by atoms with Crippen molar-refractivity contribution in [2.45, 2.75) is 46.5 Å². The fourth-order valence-electron chi connectivity index (χ4n) is 7.92. The van der Waals surface area contributed by atoms with E-state index in [9.17, 15) is 0 Å². The lowest BCUT2D eigenvalue weighted by atomic mass is 9.88. The summed E-state index contributed by atoms with van der Waals surface area (Å²) in [7, 11) is 2.20. The van der Waals surface area contributed by atoms with Crippen LogP contribution in [-0.2, 0) is 7.05 Å². The molecule has 0 fully saturated rings. The Labute approximate surface area is 292 Å². The van der Waals surface area contributed by atoms with Crippen LogP contribution in [0.4, 0.5) is 0 Å². The molecule has 4 nitrogen and oxygen atoms in total. The largest absolute Gasteiger partial charge is 0.455 e. The van der Waals surface area contributed by atoms with Crippen LogP contribution < -0.4 is 4.57 Å². The van der Waals surface area contributed by atoms with Crippen LogP contribution >= 0.6 is 0 Å². The minimum atomic E-state index is 0.295. The van der Waals surface area contributed by atoms with Crippen molar-refractivity contribution in [1.82, 2.24) is 9.55 Å². The average molecular weight is 651 g/mol. The molecule has 4 heteroatoms. The first-order valence-corrected chi connectivity index (χ1v) is 17.7. The van der Waals surface area contributed by atoms with Crippen LogP contribution in [0.2, 0.25) is 0 Å². The van der Waals surface area contributed by atoms with E-state index in [0.717, 1.165) is 55.1 Å². The summed E-state index contributed by atoms with van der Waals surface area (Å²) in [6.07, 6.45) is 0. The highest BCUT2D eigenvalue weighted by Gasteiger charge is 2.34. The van der Waals surface area contributed by atoms with Gasteiger partial charge in [0.05, 0.1) is 18.1 Å². The summed E-state index contributed by atoms with van der Waals surface area (Å²) in [5, 5.41) is 4.39. The number of hydrogen-bond donors (Lipinski definition) is 0. The molecule has 0 aliphatic carbocycles. The van der Waals surface area contributed by atoms with E-state index < -0.39 is 0 Å². The van der Waals surface area contributed by atoms with Crippen molar-refractivity contribution in [3.8, 4) is 28.2 Å². The summed E-state index contributed by atoms with van der Waals surface area (Å²) in [6, 6.07) is 43.7. The van der Waals surface area contributed by atoms with Crippen molar-refractivity contribution in [3.05, 3.63) is 138 Å². The first-order valence-electron chi connectivity index (χ1n) is 17.7. The van der Waals surface area contributed by atoms with E-state index in [0.29, 0.717) is 11.8 Å². The predicted octanol–water partition coefficient (Wildman–Crippen LogP) is 11.9. The maximum Gasteiger partial charge on any atom is 0.299 e. The Hall–Kier alpha value is -5.74. The first kappa shape index (κ1) is 30.3. The van der Waals surface area contributed by atoms with Crippen molar-refractivity contribution >= 4 is 54.8 Å². The van der Waals surface area contributed by atoms with E-state index in [1.807, 2.05) is 6.07 Å². The zero-order valence-electron chi connectivity index (χ0n) is 29.5. The molecule has 0 spiro atoms. The highest BCUT2D eigenvalue weighted by atomic mass is 16.3. The first-order chi connectivity index (χ1) is 24.3. The topological polar surface area (TPSA) is 34.8 Å². The van der Waals surface area contributed by atoms with E-state index in [2.05, 4.69) is 166 Å². The number of rotatable bonds is 5. The molecule has 0 aliphatic heterocycles. The van der Waals surface area contributed by atoms with Gasteiger partial charge in [0.2, 0.25) is 0 Å². The third-order valence-corrected chi connectivity index (χ3v) is 10.5. The van der Waals surface area contributed by atoms with E-state index in [1.165, 1.54) is 44.5 Å². The lowest BCUT2D eigenvalue weighted by Crippen LogP contribution is -2.30. The second kappa shape index (κ2) is 11.4. The predicted molar refractivity (Wildman–Crippen MR) is 208 cm³/mol. The Kier molecular flexibility index (Phi) is 6.93. The van der Waals surface area contributed by atoms with Gasteiger partial charge >= 0.3 is 0 Å². The summed E-state index contributed by atoms with van der Waals surface area (Å²) in [5.74, 6) is 1.70. The van der Waals surface area contributed by atoms with Gasteiger partial charge in [-0.15, -0.1) is 0 Å². The Morgan fingerprint density at radius 1 is 0.640 bits per heavy atom. The molecule has 0 saturated carbocycles. The third kappa shape index (κ3) is 4.59. The molecule has 9 aromatic rings. The van der Waals surface area contributed by atoms with Crippen molar-refractivity contribution in [2.24, 2.45) is 7.05 Å². The Morgan fingerprint density at radius 2 is 1.34 bits per heavy atom. The summed E-state index contributed by atoms with van der Waals surface area (Å²) < 4.78 is 11.8. The van der Waals surface area contributed by atoms with Gasteiger partial charge in [-0.3, -0.25) is 0 Å². The molecule has 0 saturated heterocycles. The number of nitrogens with zero attached hydrogens (tertiary/aromatic N) is 3. The van der Waals surface area contributed by atoms with Gasteiger partial charge in [0.15, 0.2) is 16.6 Å². The molecule has 0 unspecified atom stereocenters. The standard InChI is InChI=1S/C46H40N3O/c1-27(2)35-23-32(30-14-8-7-9-15-30)24-36(28(3)4)44(35)49-41-19-13-12-18-40(41)48(6)46(49)43-29(5)20-21-34-37-26-39-33(25-42(37)50-45(34)43)22-31-16-10-11-17-38(31)47-39/h7-28H,1-6H3/q+1. The number of benzene rings is 6. The minimum absolute atomic E-state index is 0.295. The maximum absolute atomic E-state index is 6.96. The lowest BCUT2D eigenvalue weighted by Gasteiger charge is -2.21. The highest BCUT2D eigenvalue weighted by Crippen LogP contribution is 2.43.